The molecule has 2 atom stereocenters. The monoisotopic (exact) mass is 367 g/mol. The summed E-state index contributed by atoms with van der Waals surface area (Å²) >= 11 is 0. The molecule has 0 spiro atoms. The van der Waals surface area contributed by atoms with Crippen LogP contribution in [-0.4, -0.2) is 35.7 Å². The molecule has 0 radical (unpaired) electrons. The molecular formula is C20H21N3O4. The van der Waals surface area contributed by atoms with Gasteiger partial charge in [-0.05, 0) is 31.4 Å². The molecule has 5 rings (SSSR count). The topological polar surface area (TPSA) is 75.8 Å². The van der Waals surface area contributed by atoms with E-state index in [1.54, 1.807) is 12.3 Å². The number of epoxide rings is 1. The third kappa shape index (κ3) is 3.24. The van der Waals surface area contributed by atoms with Gasteiger partial charge in [-0.25, -0.2) is 4.68 Å². The van der Waals surface area contributed by atoms with Crippen LogP contribution < -0.4 is 9.47 Å². The van der Waals surface area contributed by atoms with Gasteiger partial charge in [0.2, 0.25) is 5.52 Å². The number of aromatic nitrogens is 3. The van der Waals surface area contributed by atoms with Crippen molar-refractivity contribution in [3.8, 4) is 17.0 Å². The summed E-state index contributed by atoms with van der Waals surface area (Å²) in [5, 5.41) is 17.6. The Morgan fingerprint density at radius 2 is 2.15 bits per heavy atom. The van der Waals surface area contributed by atoms with Gasteiger partial charge in [0.1, 0.15) is 18.5 Å². The van der Waals surface area contributed by atoms with E-state index in [4.69, 9.17) is 14.2 Å². The second-order valence-corrected chi connectivity index (χ2v) is 6.99. The van der Waals surface area contributed by atoms with Gasteiger partial charge in [0, 0.05) is 30.5 Å². The molecule has 2 aliphatic heterocycles. The summed E-state index contributed by atoms with van der Waals surface area (Å²) in [5.74, 6) is 0.697. The van der Waals surface area contributed by atoms with Crippen LogP contribution >= 0.6 is 0 Å². The highest BCUT2D eigenvalue weighted by atomic mass is 16.6. The first kappa shape index (κ1) is 16.5. The molecule has 0 amide bonds. The van der Waals surface area contributed by atoms with E-state index in [1.165, 1.54) is 6.20 Å². The minimum atomic E-state index is -0.0490. The molecule has 27 heavy (non-hydrogen) atoms. The highest BCUT2D eigenvalue weighted by Crippen LogP contribution is 2.31. The van der Waals surface area contributed by atoms with Gasteiger partial charge in [0.05, 0.1) is 17.7 Å². The third-order valence-electron chi connectivity index (χ3n) is 5.08. The largest absolute Gasteiger partial charge is 0.618 e. The third-order valence-corrected chi connectivity index (χ3v) is 5.08. The molecule has 140 valence electrons. The van der Waals surface area contributed by atoms with E-state index >= 15 is 0 Å². The zero-order valence-electron chi connectivity index (χ0n) is 14.9. The molecule has 2 aliphatic rings. The van der Waals surface area contributed by atoms with Gasteiger partial charge in [0.25, 0.3) is 0 Å². The van der Waals surface area contributed by atoms with Gasteiger partial charge in [-0.15, -0.1) is 0 Å². The molecule has 0 aliphatic carbocycles. The van der Waals surface area contributed by atoms with E-state index in [0.29, 0.717) is 17.9 Å². The fourth-order valence-corrected chi connectivity index (χ4v) is 3.55. The first-order chi connectivity index (χ1) is 13.3. The molecule has 7 heteroatoms. The highest BCUT2D eigenvalue weighted by Gasteiger charge is 2.24. The van der Waals surface area contributed by atoms with E-state index in [-0.39, 0.29) is 12.3 Å². The van der Waals surface area contributed by atoms with Crippen LogP contribution in [0, 0.1) is 5.21 Å². The minimum Gasteiger partial charge on any atom is -0.618 e. The Morgan fingerprint density at radius 3 is 2.96 bits per heavy atom. The van der Waals surface area contributed by atoms with Crippen molar-refractivity contribution in [2.45, 2.75) is 31.6 Å². The van der Waals surface area contributed by atoms with Crippen LogP contribution in [-0.2, 0) is 9.47 Å². The van der Waals surface area contributed by atoms with Crippen molar-refractivity contribution >= 4 is 10.9 Å². The molecule has 3 aromatic rings. The van der Waals surface area contributed by atoms with Crippen molar-refractivity contribution in [2.75, 3.05) is 19.8 Å². The van der Waals surface area contributed by atoms with Gasteiger partial charge >= 0.3 is 0 Å². The summed E-state index contributed by atoms with van der Waals surface area (Å²) in [4.78, 5) is 0. The predicted molar refractivity (Wildman–Crippen MR) is 98.2 cm³/mol. The van der Waals surface area contributed by atoms with E-state index < -0.39 is 0 Å². The van der Waals surface area contributed by atoms with Crippen molar-refractivity contribution in [3.63, 3.8) is 0 Å². The second-order valence-electron chi connectivity index (χ2n) is 6.99. The van der Waals surface area contributed by atoms with Gasteiger partial charge in [0.15, 0.2) is 12.4 Å². The molecule has 4 heterocycles. The lowest BCUT2D eigenvalue weighted by Crippen LogP contribution is -2.26. The van der Waals surface area contributed by atoms with Crippen LogP contribution in [0.15, 0.2) is 42.7 Å². The Balaban J connectivity index is 1.51. The SMILES string of the molecule is [O-][n+]1ccc(OCC2CO2)c2ccc(-c3ccnn3C3CCCCO3)cc21. The summed E-state index contributed by atoms with van der Waals surface area (Å²) in [6.45, 7) is 2.00. The number of hydrogen-bond donors (Lipinski definition) is 0. The van der Waals surface area contributed by atoms with Crippen molar-refractivity contribution in [2.24, 2.45) is 0 Å². The Morgan fingerprint density at radius 1 is 1.22 bits per heavy atom. The summed E-state index contributed by atoms with van der Waals surface area (Å²) < 4.78 is 19.7. The predicted octanol–water partition coefficient (Wildman–Crippen LogP) is 2.81. The molecule has 1 aromatic carbocycles. The summed E-state index contributed by atoms with van der Waals surface area (Å²) in [6.07, 6.45) is 6.55. The maximum atomic E-state index is 12.4. The highest BCUT2D eigenvalue weighted by molar-refractivity contribution is 5.86. The average molecular weight is 367 g/mol. The maximum absolute atomic E-state index is 12.4. The van der Waals surface area contributed by atoms with Crippen LogP contribution in [0.25, 0.3) is 22.2 Å². The maximum Gasteiger partial charge on any atom is 0.228 e. The molecule has 0 bridgehead atoms. The molecule has 2 saturated heterocycles. The van der Waals surface area contributed by atoms with Crippen LogP contribution in [0.4, 0.5) is 0 Å². The number of hydrogen-bond acceptors (Lipinski definition) is 5. The second kappa shape index (κ2) is 6.83. The van der Waals surface area contributed by atoms with Gasteiger partial charge in [-0.1, -0.05) is 6.07 Å². The number of pyridine rings is 1. The summed E-state index contributed by atoms with van der Waals surface area (Å²) in [6, 6.07) is 9.48. The molecule has 7 nitrogen and oxygen atoms in total. The van der Waals surface area contributed by atoms with Crippen molar-refractivity contribution in [1.29, 1.82) is 0 Å². The van der Waals surface area contributed by atoms with Crippen LogP contribution in [0.1, 0.15) is 25.5 Å². The zero-order chi connectivity index (χ0) is 18.2. The number of nitrogens with zero attached hydrogens (tertiary/aromatic N) is 3. The van der Waals surface area contributed by atoms with E-state index in [0.717, 1.165) is 53.9 Å². The van der Waals surface area contributed by atoms with E-state index in [1.807, 2.05) is 28.9 Å². The Kier molecular flexibility index (Phi) is 4.18. The Labute approximate surface area is 156 Å². The number of benzene rings is 1. The van der Waals surface area contributed by atoms with Crippen LogP contribution in [0.5, 0.6) is 5.75 Å². The van der Waals surface area contributed by atoms with Crippen molar-refractivity contribution in [3.05, 3.63) is 47.9 Å². The molecule has 2 fully saturated rings. The average Bonchev–Trinajstić information content (AvgIpc) is 3.41. The summed E-state index contributed by atoms with van der Waals surface area (Å²) in [5.41, 5.74) is 2.45. The van der Waals surface area contributed by atoms with Gasteiger partial charge in [-0.2, -0.15) is 9.83 Å². The Hall–Kier alpha value is -2.64. The standard InChI is InChI=1S/C20H21N3O4/c24-22-9-7-19(27-13-15-12-26-15)16-5-4-14(11-18(16)22)17-6-8-21-23(17)20-3-1-2-10-25-20/h4-9,11,15,20H,1-3,10,12-13H2. The molecule has 0 N–H and O–H groups in total. The van der Waals surface area contributed by atoms with Crippen LogP contribution in [0.3, 0.4) is 0 Å². The van der Waals surface area contributed by atoms with E-state index in [9.17, 15) is 5.21 Å². The van der Waals surface area contributed by atoms with Crippen molar-refractivity contribution in [1.82, 2.24) is 9.78 Å². The smallest absolute Gasteiger partial charge is 0.228 e. The van der Waals surface area contributed by atoms with Gasteiger partial charge in [-0.3, -0.25) is 0 Å². The molecule has 2 unspecified atom stereocenters. The number of rotatable bonds is 5. The normalized spacial score (nSPS) is 22.1. The first-order valence-electron chi connectivity index (χ1n) is 9.35. The van der Waals surface area contributed by atoms with E-state index in [2.05, 4.69) is 5.10 Å². The fourth-order valence-electron chi connectivity index (χ4n) is 3.55. The lowest BCUT2D eigenvalue weighted by atomic mass is 10.1. The van der Waals surface area contributed by atoms with Crippen molar-refractivity contribution < 1.29 is 18.9 Å². The first-order valence-corrected chi connectivity index (χ1v) is 9.35. The lowest BCUT2D eigenvalue weighted by molar-refractivity contribution is -0.577. The number of ether oxygens (including phenoxy) is 3. The quantitative estimate of drug-likeness (QED) is 0.394. The Bertz CT molecular complexity index is 961. The zero-order valence-corrected chi connectivity index (χ0v) is 14.9. The minimum absolute atomic E-state index is 0.0490. The molecular weight excluding hydrogens is 346 g/mol. The lowest BCUT2D eigenvalue weighted by Gasteiger charge is -2.24. The fraction of sp³-hybridized carbons (Fsp3) is 0.400. The molecule has 0 saturated carbocycles. The number of fused-ring (bicyclic) bond motifs is 1. The van der Waals surface area contributed by atoms with Crippen LogP contribution in [0.2, 0.25) is 0 Å². The molecule has 2 aromatic heterocycles. The summed E-state index contributed by atoms with van der Waals surface area (Å²) in [7, 11) is 0. The van der Waals surface area contributed by atoms with Gasteiger partial charge < -0.3 is 19.4 Å².